The number of alkyl halides is 2. The van der Waals surface area contributed by atoms with E-state index in [2.05, 4.69) is 50.3 Å². The second-order valence-corrected chi connectivity index (χ2v) is 12.0. The normalized spacial score (nSPS) is 24.6. The summed E-state index contributed by atoms with van der Waals surface area (Å²) in [6.45, 7) is 4.29. The van der Waals surface area contributed by atoms with Crippen molar-refractivity contribution in [1.29, 1.82) is 0 Å². The van der Waals surface area contributed by atoms with Crippen LogP contribution in [0.15, 0.2) is 60.7 Å². The summed E-state index contributed by atoms with van der Waals surface area (Å²) < 4.78 is 34.4. The predicted octanol–water partition coefficient (Wildman–Crippen LogP) is 10.7. The number of benzene rings is 2. The summed E-state index contributed by atoms with van der Waals surface area (Å²) in [6.07, 6.45) is 16.0. The van der Waals surface area contributed by atoms with E-state index in [1.165, 1.54) is 88.2 Å². The van der Waals surface area contributed by atoms with E-state index < -0.39 is 6.11 Å². The van der Waals surface area contributed by atoms with Crippen molar-refractivity contribution in [3.63, 3.8) is 0 Å². The molecule has 0 saturated heterocycles. The van der Waals surface area contributed by atoms with Crippen LogP contribution in [-0.2, 0) is 17.8 Å². The van der Waals surface area contributed by atoms with E-state index in [0.717, 1.165) is 17.4 Å². The topological polar surface area (TPSA) is 9.23 Å². The maximum atomic E-state index is 14.7. The summed E-state index contributed by atoms with van der Waals surface area (Å²) in [5, 5.41) is 0. The smallest absolute Gasteiger partial charge is 0.315 e. The lowest BCUT2D eigenvalue weighted by Crippen LogP contribution is -2.23. The van der Waals surface area contributed by atoms with Crippen molar-refractivity contribution in [1.82, 2.24) is 0 Å². The molecule has 2 aromatic rings. The highest BCUT2D eigenvalue weighted by atomic mass is 19.3. The fraction of sp³-hybridized carbons (Fsp3) is 0.600. The average molecular weight is 523 g/mol. The van der Waals surface area contributed by atoms with Gasteiger partial charge in [-0.1, -0.05) is 80.4 Å². The van der Waals surface area contributed by atoms with Gasteiger partial charge >= 0.3 is 6.11 Å². The highest BCUT2D eigenvalue weighted by molar-refractivity contribution is 5.27. The molecule has 1 nitrogen and oxygen atoms in total. The minimum absolute atomic E-state index is 0.0654. The molecule has 0 amide bonds. The molecule has 0 spiro atoms. The van der Waals surface area contributed by atoms with Gasteiger partial charge in [-0.15, -0.1) is 0 Å². The van der Waals surface area contributed by atoms with Gasteiger partial charge in [-0.2, -0.15) is 8.78 Å². The van der Waals surface area contributed by atoms with Crippen LogP contribution in [0.5, 0.6) is 0 Å². The predicted molar refractivity (Wildman–Crippen MR) is 155 cm³/mol. The second kappa shape index (κ2) is 14.4. The summed E-state index contributed by atoms with van der Waals surface area (Å²) in [5.74, 6) is 2.90. The van der Waals surface area contributed by atoms with Gasteiger partial charge in [0.15, 0.2) is 0 Å². The van der Waals surface area contributed by atoms with E-state index in [1.54, 1.807) is 0 Å². The third kappa shape index (κ3) is 8.76. The zero-order valence-corrected chi connectivity index (χ0v) is 23.6. The molecule has 0 aromatic heterocycles. The fourth-order valence-electron chi connectivity index (χ4n) is 6.75. The van der Waals surface area contributed by atoms with E-state index >= 15 is 0 Å². The molecule has 2 fully saturated rings. The number of allylic oxidation sites excluding steroid dienone is 2. The maximum absolute atomic E-state index is 14.7. The van der Waals surface area contributed by atoms with E-state index in [4.69, 9.17) is 4.74 Å². The summed E-state index contributed by atoms with van der Waals surface area (Å²) in [4.78, 5) is 0. The quantitative estimate of drug-likeness (QED) is 0.252. The van der Waals surface area contributed by atoms with Crippen LogP contribution in [0.3, 0.4) is 0 Å². The first kappa shape index (κ1) is 29.0. The Labute approximate surface area is 230 Å². The van der Waals surface area contributed by atoms with Crippen molar-refractivity contribution in [3.8, 4) is 0 Å². The first-order valence-electron chi connectivity index (χ1n) is 15.3. The van der Waals surface area contributed by atoms with Gasteiger partial charge in [0.1, 0.15) is 0 Å². The van der Waals surface area contributed by atoms with Gasteiger partial charge in [-0.25, -0.2) is 0 Å². The number of hydrogen-bond donors (Lipinski definition) is 0. The molecule has 4 rings (SSSR count). The molecule has 3 heteroatoms. The fourth-order valence-corrected chi connectivity index (χ4v) is 6.75. The molecule has 0 radical (unpaired) electrons. The van der Waals surface area contributed by atoms with Crippen molar-refractivity contribution in [3.05, 3.63) is 82.9 Å². The maximum Gasteiger partial charge on any atom is 0.360 e. The Kier molecular flexibility index (Phi) is 11.0. The van der Waals surface area contributed by atoms with E-state index in [1.807, 2.05) is 24.3 Å². The molecular formula is C35H48F2O. The molecule has 2 saturated carbocycles. The van der Waals surface area contributed by atoms with Crippen molar-refractivity contribution in [2.75, 3.05) is 0 Å². The van der Waals surface area contributed by atoms with Crippen LogP contribution in [0.1, 0.15) is 125 Å². The average Bonchev–Trinajstić information content (AvgIpc) is 2.94. The van der Waals surface area contributed by atoms with Crippen LogP contribution in [0.4, 0.5) is 8.78 Å². The van der Waals surface area contributed by atoms with Gasteiger partial charge in [-0.3, -0.25) is 0 Å². The SMILES string of the molecule is CC=CCCC1CCC(c2ccc(COC(F)(F)Cc3ccc(C4CCC(CCC)CC4)cc3)cc2)CC1. The summed E-state index contributed by atoms with van der Waals surface area (Å²) >= 11 is 0. The van der Waals surface area contributed by atoms with E-state index in [9.17, 15) is 8.78 Å². The molecule has 208 valence electrons. The van der Waals surface area contributed by atoms with Crippen LogP contribution in [-0.4, -0.2) is 6.11 Å². The summed E-state index contributed by atoms with van der Waals surface area (Å²) in [6, 6.07) is 16.0. The largest absolute Gasteiger partial charge is 0.360 e. The first-order chi connectivity index (χ1) is 18.5. The number of ether oxygens (including phenoxy) is 1. The lowest BCUT2D eigenvalue weighted by atomic mass is 9.77. The minimum atomic E-state index is -3.18. The van der Waals surface area contributed by atoms with Gasteiger partial charge in [-0.05, 0) is 117 Å². The molecule has 2 aliphatic carbocycles. The molecule has 2 aliphatic rings. The molecule has 0 unspecified atom stereocenters. The van der Waals surface area contributed by atoms with E-state index in [0.29, 0.717) is 17.4 Å². The van der Waals surface area contributed by atoms with Gasteiger partial charge in [0.2, 0.25) is 0 Å². The zero-order chi connectivity index (χ0) is 26.8. The standard InChI is InChI=1S/C35H48F2O/c1-3-5-6-8-28-11-19-32(20-12-28)34-23-15-30(16-24-34)26-38-35(36,37)25-29-13-21-33(22-14-29)31-17-9-27(7-4-2)10-18-31/h3,5,13-16,21-24,27-28,31-32H,4,6-12,17-20,25-26H2,1-2H3. The zero-order valence-electron chi connectivity index (χ0n) is 23.6. The third-order valence-electron chi connectivity index (χ3n) is 9.13. The third-order valence-corrected chi connectivity index (χ3v) is 9.13. The Bertz CT molecular complexity index is 962. The molecular weight excluding hydrogens is 474 g/mol. The highest BCUT2D eigenvalue weighted by Gasteiger charge is 2.31. The Hall–Kier alpha value is -2.00. The van der Waals surface area contributed by atoms with Crippen molar-refractivity contribution in [2.24, 2.45) is 11.8 Å². The van der Waals surface area contributed by atoms with Crippen LogP contribution in [0, 0.1) is 11.8 Å². The molecule has 0 aliphatic heterocycles. The number of halogens is 2. The number of hydrogen-bond acceptors (Lipinski definition) is 1. The van der Waals surface area contributed by atoms with Gasteiger partial charge in [0, 0.05) is 0 Å². The first-order valence-corrected chi connectivity index (χ1v) is 15.3. The summed E-state index contributed by atoms with van der Waals surface area (Å²) in [7, 11) is 0. The molecule has 2 aromatic carbocycles. The minimum Gasteiger partial charge on any atom is -0.315 e. The van der Waals surface area contributed by atoms with Crippen LogP contribution in [0.2, 0.25) is 0 Å². The monoisotopic (exact) mass is 522 g/mol. The van der Waals surface area contributed by atoms with E-state index in [-0.39, 0.29) is 13.0 Å². The van der Waals surface area contributed by atoms with Crippen molar-refractivity contribution < 1.29 is 13.5 Å². The molecule has 0 bridgehead atoms. The number of rotatable bonds is 12. The Morgan fingerprint density at radius 1 is 0.737 bits per heavy atom. The van der Waals surface area contributed by atoms with Gasteiger partial charge < -0.3 is 4.74 Å². The Balaban J connectivity index is 1.20. The molecule has 0 atom stereocenters. The molecule has 0 N–H and O–H groups in total. The Morgan fingerprint density at radius 3 is 1.74 bits per heavy atom. The lowest BCUT2D eigenvalue weighted by Gasteiger charge is -2.29. The Morgan fingerprint density at radius 2 is 1.24 bits per heavy atom. The second-order valence-electron chi connectivity index (χ2n) is 12.0. The van der Waals surface area contributed by atoms with Gasteiger partial charge in [0.25, 0.3) is 0 Å². The van der Waals surface area contributed by atoms with Crippen LogP contribution in [0.25, 0.3) is 0 Å². The highest BCUT2D eigenvalue weighted by Crippen LogP contribution is 2.39. The van der Waals surface area contributed by atoms with Crippen molar-refractivity contribution in [2.45, 2.75) is 122 Å². The molecule has 0 heterocycles. The van der Waals surface area contributed by atoms with Gasteiger partial charge in [0.05, 0.1) is 13.0 Å². The van der Waals surface area contributed by atoms with Crippen LogP contribution < -0.4 is 0 Å². The van der Waals surface area contributed by atoms with Crippen molar-refractivity contribution >= 4 is 0 Å². The lowest BCUT2D eigenvalue weighted by molar-refractivity contribution is -0.244. The summed E-state index contributed by atoms with van der Waals surface area (Å²) in [5.41, 5.74) is 4.08. The molecule has 38 heavy (non-hydrogen) atoms. The van der Waals surface area contributed by atoms with Crippen LogP contribution >= 0.6 is 0 Å².